The first kappa shape index (κ1) is 29.0. The SMILES string of the molecule is Cc1cc(-c2ccc(-n3nc(-c4ccccc4)c(-c4ccccc4)n3)c(C)c2)ccc1-n1nc(-c2ccccc2)c(-c2ccccc2)n1. The summed E-state index contributed by atoms with van der Waals surface area (Å²) in [5.41, 5.74) is 13.8. The third kappa shape index (κ3) is 5.50. The molecule has 0 aliphatic rings. The number of aryl methyl sites for hydroxylation is 2. The van der Waals surface area contributed by atoms with E-state index >= 15 is 0 Å². The summed E-state index contributed by atoms with van der Waals surface area (Å²) in [6.07, 6.45) is 0. The van der Waals surface area contributed by atoms with Gasteiger partial charge in [-0.05, 0) is 60.4 Å². The maximum absolute atomic E-state index is 4.99. The molecule has 6 aromatic carbocycles. The van der Waals surface area contributed by atoms with Crippen molar-refractivity contribution in [3.8, 4) is 67.5 Å². The van der Waals surface area contributed by atoms with Gasteiger partial charge in [0.25, 0.3) is 0 Å². The van der Waals surface area contributed by atoms with Gasteiger partial charge in [-0.1, -0.05) is 133 Å². The molecule has 0 saturated carbocycles. The van der Waals surface area contributed by atoms with Crippen LogP contribution in [0, 0.1) is 13.8 Å². The van der Waals surface area contributed by atoms with Crippen LogP contribution >= 0.6 is 0 Å². The highest BCUT2D eigenvalue weighted by Crippen LogP contribution is 2.33. The molecule has 2 heterocycles. The number of hydrogen-bond acceptors (Lipinski definition) is 4. The topological polar surface area (TPSA) is 61.4 Å². The number of aromatic nitrogens is 6. The molecule has 0 atom stereocenters. The largest absolute Gasteiger partial charge is 0.150 e. The summed E-state index contributed by atoms with van der Waals surface area (Å²) in [6, 6.07) is 53.8. The lowest BCUT2D eigenvalue weighted by Gasteiger charge is -2.11. The van der Waals surface area contributed by atoms with Crippen LogP contribution in [0.5, 0.6) is 0 Å². The van der Waals surface area contributed by atoms with Crippen molar-refractivity contribution in [1.29, 1.82) is 0 Å². The summed E-state index contributed by atoms with van der Waals surface area (Å²) >= 11 is 0. The van der Waals surface area contributed by atoms with Crippen molar-refractivity contribution in [2.24, 2.45) is 0 Å². The van der Waals surface area contributed by atoms with Crippen molar-refractivity contribution in [3.63, 3.8) is 0 Å². The molecule has 0 aliphatic carbocycles. The first-order chi connectivity index (χ1) is 23.6. The lowest BCUT2D eigenvalue weighted by molar-refractivity contribution is 0.750. The Morgan fingerprint density at radius 3 is 0.833 bits per heavy atom. The van der Waals surface area contributed by atoms with Crippen molar-refractivity contribution < 1.29 is 0 Å². The van der Waals surface area contributed by atoms with Crippen molar-refractivity contribution in [1.82, 2.24) is 30.0 Å². The van der Waals surface area contributed by atoms with Gasteiger partial charge in [-0.2, -0.15) is 9.59 Å². The molecule has 0 bridgehead atoms. The normalized spacial score (nSPS) is 11.1. The fourth-order valence-corrected chi connectivity index (χ4v) is 6.11. The van der Waals surface area contributed by atoms with E-state index in [1.54, 1.807) is 9.59 Å². The van der Waals surface area contributed by atoms with Crippen LogP contribution in [0.4, 0.5) is 0 Å². The average molecular weight is 621 g/mol. The molecule has 0 unspecified atom stereocenters. The van der Waals surface area contributed by atoms with Crippen molar-refractivity contribution in [2.75, 3.05) is 0 Å². The van der Waals surface area contributed by atoms with Gasteiger partial charge >= 0.3 is 0 Å². The van der Waals surface area contributed by atoms with Crippen LogP contribution in [0.25, 0.3) is 67.5 Å². The van der Waals surface area contributed by atoms with Gasteiger partial charge in [0.15, 0.2) is 0 Å². The molecule has 0 spiro atoms. The Balaban J connectivity index is 1.14. The summed E-state index contributed by atoms with van der Waals surface area (Å²) < 4.78 is 0. The lowest BCUT2D eigenvalue weighted by Crippen LogP contribution is -2.03. The van der Waals surface area contributed by atoms with Gasteiger partial charge < -0.3 is 0 Å². The van der Waals surface area contributed by atoms with Gasteiger partial charge in [-0.25, -0.2) is 0 Å². The quantitative estimate of drug-likeness (QED) is 0.178. The third-order valence-corrected chi connectivity index (χ3v) is 8.57. The van der Waals surface area contributed by atoms with Gasteiger partial charge in [-0.15, -0.1) is 20.4 Å². The summed E-state index contributed by atoms with van der Waals surface area (Å²) in [5.74, 6) is 0. The van der Waals surface area contributed by atoms with E-state index in [0.29, 0.717) is 0 Å². The Morgan fingerprint density at radius 2 is 0.583 bits per heavy atom. The van der Waals surface area contributed by atoms with Crippen molar-refractivity contribution >= 4 is 0 Å². The third-order valence-electron chi connectivity index (χ3n) is 8.57. The summed E-state index contributed by atoms with van der Waals surface area (Å²) in [6.45, 7) is 4.22. The fourth-order valence-electron chi connectivity index (χ4n) is 6.11. The second-order valence-electron chi connectivity index (χ2n) is 11.8. The van der Waals surface area contributed by atoms with Crippen LogP contribution in [0.15, 0.2) is 158 Å². The predicted molar refractivity (Wildman–Crippen MR) is 193 cm³/mol. The van der Waals surface area contributed by atoms with E-state index in [-0.39, 0.29) is 0 Å². The van der Waals surface area contributed by atoms with Crippen LogP contribution in [-0.4, -0.2) is 30.0 Å². The molecular weight excluding hydrogens is 589 g/mol. The molecule has 0 radical (unpaired) electrons. The van der Waals surface area contributed by atoms with Crippen molar-refractivity contribution in [2.45, 2.75) is 13.8 Å². The van der Waals surface area contributed by atoms with E-state index in [2.05, 4.69) is 98.8 Å². The zero-order valence-corrected chi connectivity index (χ0v) is 26.7. The molecule has 0 fully saturated rings. The molecule has 6 nitrogen and oxygen atoms in total. The van der Waals surface area contributed by atoms with Crippen LogP contribution in [0.2, 0.25) is 0 Å². The number of rotatable bonds is 7. The van der Waals surface area contributed by atoms with E-state index in [0.717, 1.165) is 78.7 Å². The molecule has 48 heavy (non-hydrogen) atoms. The fraction of sp³-hybridized carbons (Fsp3) is 0.0476. The molecule has 8 aromatic rings. The Morgan fingerprint density at radius 1 is 0.312 bits per heavy atom. The van der Waals surface area contributed by atoms with E-state index in [4.69, 9.17) is 20.4 Å². The van der Waals surface area contributed by atoms with Crippen LogP contribution in [0.3, 0.4) is 0 Å². The Labute approximate surface area is 279 Å². The molecule has 2 aromatic heterocycles. The predicted octanol–water partition coefficient (Wildman–Crippen LogP) is 9.80. The van der Waals surface area contributed by atoms with Crippen LogP contribution < -0.4 is 0 Å². The highest BCUT2D eigenvalue weighted by molar-refractivity contribution is 5.79. The first-order valence-electron chi connectivity index (χ1n) is 16.0. The Bertz CT molecular complexity index is 2060. The van der Waals surface area contributed by atoms with Gasteiger partial charge in [0.05, 0.1) is 11.4 Å². The molecule has 0 aliphatic heterocycles. The van der Waals surface area contributed by atoms with E-state index in [1.165, 1.54) is 0 Å². The molecular formula is C42H32N6. The van der Waals surface area contributed by atoms with Crippen LogP contribution in [0.1, 0.15) is 11.1 Å². The first-order valence-corrected chi connectivity index (χ1v) is 16.0. The van der Waals surface area contributed by atoms with Crippen molar-refractivity contribution in [3.05, 3.63) is 169 Å². The summed E-state index contributed by atoms with van der Waals surface area (Å²) in [5, 5.41) is 20.0. The van der Waals surface area contributed by atoms with Gasteiger partial charge in [0.1, 0.15) is 22.8 Å². The smallest absolute Gasteiger partial charge is 0.121 e. The summed E-state index contributed by atoms with van der Waals surface area (Å²) in [4.78, 5) is 3.52. The Hall–Kier alpha value is -6.40. The van der Waals surface area contributed by atoms with E-state index < -0.39 is 0 Å². The minimum atomic E-state index is 0.856. The highest BCUT2D eigenvalue weighted by Gasteiger charge is 2.19. The monoisotopic (exact) mass is 620 g/mol. The summed E-state index contributed by atoms with van der Waals surface area (Å²) in [7, 11) is 0. The molecule has 6 heteroatoms. The minimum Gasteiger partial charge on any atom is -0.150 e. The highest BCUT2D eigenvalue weighted by atomic mass is 15.5. The average Bonchev–Trinajstić information content (AvgIpc) is 3.79. The van der Waals surface area contributed by atoms with Gasteiger partial charge in [-0.3, -0.25) is 0 Å². The number of hydrogen-bond donors (Lipinski definition) is 0. The standard InChI is InChI=1S/C42H32N6/c1-29-27-35(23-25-37(29)47-43-39(31-15-7-3-8-16-31)40(44-47)32-17-9-4-10-18-32)36-24-26-38(30(2)28-36)48-45-41(33-19-11-5-12-20-33)42(46-48)34-21-13-6-14-22-34/h3-28H,1-2H3. The van der Waals surface area contributed by atoms with Gasteiger partial charge in [0, 0.05) is 22.3 Å². The minimum absolute atomic E-state index is 0.856. The maximum Gasteiger partial charge on any atom is 0.121 e. The second-order valence-corrected chi connectivity index (χ2v) is 11.8. The second kappa shape index (κ2) is 12.4. The zero-order valence-electron chi connectivity index (χ0n) is 26.7. The molecule has 0 saturated heterocycles. The zero-order chi connectivity index (χ0) is 32.5. The molecule has 0 amide bonds. The maximum atomic E-state index is 4.99. The van der Waals surface area contributed by atoms with Crippen LogP contribution in [-0.2, 0) is 0 Å². The number of nitrogens with zero attached hydrogens (tertiary/aromatic N) is 6. The molecule has 230 valence electrons. The van der Waals surface area contributed by atoms with E-state index in [9.17, 15) is 0 Å². The van der Waals surface area contributed by atoms with E-state index in [1.807, 2.05) is 72.8 Å². The molecule has 8 rings (SSSR count). The Kier molecular flexibility index (Phi) is 7.51. The number of benzene rings is 6. The molecule has 0 N–H and O–H groups in total. The van der Waals surface area contributed by atoms with Gasteiger partial charge in [0.2, 0.25) is 0 Å². The lowest BCUT2D eigenvalue weighted by atomic mass is 10.00.